The second-order valence-corrected chi connectivity index (χ2v) is 16.7. The molecule has 0 aromatic heterocycles. The zero-order chi connectivity index (χ0) is 37.9. The van der Waals surface area contributed by atoms with E-state index in [1.807, 2.05) is 27.2 Å². The lowest BCUT2D eigenvalue weighted by Crippen LogP contribution is -2.45. The van der Waals surface area contributed by atoms with Crippen LogP contribution in [0.4, 0.5) is 0 Å². The lowest BCUT2D eigenvalue weighted by Gasteiger charge is -2.29. The number of phosphoric ester groups is 1. The number of aliphatic hydroxyl groups is 1. The van der Waals surface area contributed by atoms with Gasteiger partial charge in [-0.25, -0.2) is 0 Å². The van der Waals surface area contributed by atoms with Gasteiger partial charge in [-0.2, -0.15) is 0 Å². The van der Waals surface area contributed by atoms with Gasteiger partial charge >= 0.3 is 0 Å². The molecule has 0 radical (unpaired) electrons. The molecule has 0 heterocycles. The van der Waals surface area contributed by atoms with E-state index in [-0.39, 0.29) is 12.5 Å². The summed E-state index contributed by atoms with van der Waals surface area (Å²) in [6.07, 6.45) is 40.5. The number of carbonyl (C=O) groups is 1. The summed E-state index contributed by atoms with van der Waals surface area (Å²) in [7, 11) is 1.23. The van der Waals surface area contributed by atoms with E-state index in [1.165, 1.54) is 103 Å². The quantitative estimate of drug-likeness (QED) is 0.0284. The predicted octanol–water partition coefficient (Wildman–Crippen LogP) is 10.5. The normalized spacial score (nSPS) is 14.9. The van der Waals surface area contributed by atoms with Gasteiger partial charge in [-0.3, -0.25) is 9.36 Å². The van der Waals surface area contributed by atoms with Crippen molar-refractivity contribution < 1.29 is 32.9 Å². The van der Waals surface area contributed by atoms with Crippen LogP contribution in [0.5, 0.6) is 0 Å². The molecule has 1 amide bonds. The highest BCUT2D eigenvalue weighted by molar-refractivity contribution is 7.45. The van der Waals surface area contributed by atoms with Crippen molar-refractivity contribution in [3.05, 3.63) is 36.5 Å². The number of hydrogen-bond donors (Lipinski definition) is 2. The third-order valence-corrected chi connectivity index (χ3v) is 10.0. The Kier molecular flexibility index (Phi) is 33.6. The van der Waals surface area contributed by atoms with Gasteiger partial charge in [0.15, 0.2) is 0 Å². The van der Waals surface area contributed by atoms with Gasteiger partial charge in [0.05, 0.1) is 39.9 Å². The third-order valence-electron chi connectivity index (χ3n) is 9.08. The minimum Gasteiger partial charge on any atom is -0.756 e. The Morgan fingerprint density at radius 1 is 0.667 bits per heavy atom. The van der Waals surface area contributed by atoms with Crippen LogP contribution in [0, 0.1) is 0 Å². The maximum Gasteiger partial charge on any atom is 0.268 e. The second-order valence-electron chi connectivity index (χ2n) is 15.3. The van der Waals surface area contributed by atoms with Crippen LogP contribution in [0.2, 0.25) is 0 Å². The predicted molar refractivity (Wildman–Crippen MR) is 215 cm³/mol. The lowest BCUT2D eigenvalue weighted by molar-refractivity contribution is -0.870. The number of likely N-dealkylation sites (N-methyl/N-ethyl adjacent to an activating group) is 1. The van der Waals surface area contributed by atoms with Crippen LogP contribution in [0.15, 0.2) is 36.5 Å². The van der Waals surface area contributed by atoms with Crippen molar-refractivity contribution in [3.63, 3.8) is 0 Å². The Bertz CT molecular complexity index is 933. The Morgan fingerprint density at radius 2 is 1.10 bits per heavy atom. The van der Waals surface area contributed by atoms with Gasteiger partial charge in [-0.05, 0) is 38.5 Å². The van der Waals surface area contributed by atoms with Gasteiger partial charge in [0, 0.05) is 6.42 Å². The molecular formula is C42H81N2O6P. The molecule has 2 N–H and O–H groups in total. The smallest absolute Gasteiger partial charge is 0.268 e. The Morgan fingerprint density at radius 3 is 1.57 bits per heavy atom. The SMILES string of the molecule is CCCC/C=C/CC/C=C/CC/C=C/C(O)C(COP(=O)([O-])OCC[N+](C)(C)C)NC(=O)CCCCCCCCCCCCCCCCCCC. The molecule has 0 spiro atoms. The molecule has 51 heavy (non-hydrogen) atoms. The molecule has 0 saturated carbocycles. The molecular weight excluding hydrogens is 659 g/mol. The number of phosphoric acid groups is 1. The maximum atomic E-state index is 12.8. The highest BCUT2D eigenvalue weighted by Crippen LogP contribution is 2.38. The average Bonchev–Trinajstić information content (AvgIpc) is 3.07. The maximum absolute atomic E-state index is 12.8. The number of quaternary nitrogens is 1. The Balaban J connectivity index is 4.47. The molecule has 9 heteroatoms. The minimum atomic E-state index is -4.59. The number of unbranched alkanes of at least 4 members (excludes halogenated alkanes) is 20. The van der Waals surface area contributed by atoms with Crippen molar-refractivity contribution in [1.82, 2.24) is 5.32 Å². The Labute approximate surface area is 315 Å². The van der Waals surface area contributed by atoms with Crippen molar-refractivity contribution in [2.24, 2.45) is 0 Å². The number of nitrogens with one attached hydrogen (secondary N) is 1. The van der Waals surface area contributed by atoms with E-state index < -0.39 is 26.6 Å². The number of aliphatic hydroxyl groups excluding tert-OH is 1. The largest absolute Gasteiger partial charge is 0.756 e. The van der Waals surface area contributed by atoms with Crippen molar-refractivity contribution in [2.45, 2.75) is 187 Å². The number of amides is 1. The molecule has 0 aliphatic carbocycles. The fourth-order valence-corrected chi connectivity index (χ4v) is 6.42. The van der Waals surface area contributed by atoms with E-state index in [2.05, 4.69) is 43.5 Å². The summed E-state index contributed by atoms with van der Waals surface area (Å²) in [4.78, 5) is 25.2. The number of hydrogen-bond acceptors (Lipinski definition) is 6. The summed E-state index contributed by atoms with van der Waals surface area (Å²) in [6, 6.07) is -0.904. The van der Waals surface area contributed by atoms with E-state index >= 15 is 0 Å². The Hall–Kier alpha value is -1.28. The fourth-order valence-electron chi connectivity index (χ4n) is 5.70. The number of carbonyl (C=O) groups excluding carboxylic acids is 1. The molecule has 8 nitrogen and oxygen atoms in total. The first-order chi connectivity index (χ1) is 24.5. The van der Waals surface area contributed by atoms with Crippen LogP contribution in [0.3, 0.4) is 0 Å². The van der Waals surface area contributed by atoms with Crippen LogP contribution in [0.25, 0.3) is 0 Å². The number of rotatable bonds is 37. The topological polar surface area (TPSA) is 108 Å². The van der Waals surface area contributed by atoms with Crippen molar-refractivity contribution >= 4 is 13.7 Å². The minimum absolute atomic E-state index is 0.00820. The molecule has 3 unspecified atom stereocenters. The highest BCUT2D eigenvalue weighted by Gasteiger charge is 2.23. The van der Waals surface area contributed by atoms with Gasteiger partial charge in [-0.1, -0.05) is 166 Å². The second kappa shape index (κ2) is 34.5. The third kappa shape index (κ3) is 36.9. The first-order valence-corrected chi connectivity index (χ1v) is 22.3. The van der Waals surface area contributed by atoms with E-state index in [9.17, 15) is 19.4 Å². The molecule has 0 bridgehead atoms. The average molecular weight is 741 g/mol. The van der Waals surface area contributed by atoms with Gasteiger partial charge < -0.3 is 28.8 Å². The molecule has 300 valence electrons. The summed E-state index contributed by atoms with van der Waals surface area (Å²) in [6.45, 7) is 4.56. The molecule has 0 fully saturated rings. The highest BCUT2D eigenvalue weighted by atomic mass is 31.2. The van der Waals surface area contributed by atoms with E-state index in [1.54, 1.807) is 6.08 Å². The van der Waals surface area contributed by atoms with Crippen LogP contribution < -0.4 is 10.2 Å². The van der Waals surface area contributed by atoms with Crippen LogP contribution >= 0.6 is 7.82 Å². The van der Waals surface area contributed by atoms with Gasteiger partial charge in [0.25, 0.3) is 7.82 Å². The standard InChI is InChI=1S/C42H81N2O6P/c1-6-8-10-12-14-16-18-20-21-22-23-24-26-28-30-32-34-36-42(46)43-40(39-50-51(47,48)49-38-37-44(3,4)5)41(45)35-33-31-29-27-25-19-17-15-13-11-9-7-2/h13,15,25,27,33,35,40-41,45H,6-12,14,16-24,26,28-32,34,36-39H2,1-5H3,(H-,43,46,47,48)/b15-13+,27-25+,35-33+. The summed E-state index contributed by atoms with van der Waals surface area (Å²) in [5.41, 5.74) is 0. The van der Waals surface area contributed by atoms with Crippen molar-refractivity contribution in [3.8, 4) is 0 Å². The molecule has 0 saturated heterocycles. The van der Waals surface area contributed by atoms with Gasteiger partial charge in [0.1, 0.15) is 13.2 Å². The molecule has 0 rings (SSSR count). The van der Waals surface area contributed by atoms with Crippen molar-refractivity contribution in [2.75, 3.05) is 40.9 Å². The summed E-state index contributed by atoms with van der Waals surface area (Å²) in [5, 5.41) is 13.7. The first kappa shape index (κ1) is 49.7. The van der Waals surface area contributed by atoms with E-state index in [0.29, 0.717) is 17.4 Å². The fraction of sp³-hybridized carbons (Fsp3) is 0.833. The van der Waals surface area contributed by atoms with Gasteiger partial charge in [0.2, 0.25) is 5.91 Å². The van der Waals surface area contributed by atoms with E-state index in [0.717, 1.165) is 51.4 Å². The number of allylic oxidation sites excluding steroid dienone is 5. The molecule has 0 aliphatic rings. The van der Waals surface area contributed by atoms with Gasteiger partial charge in [-0.15, -0.1) is 0 Å². The molecule has 0 aromatic rings. The zero-order valence-electron chi connectivity index (χ0n) is 33.8. The lowest BCUT2D eigenvalue weighted by atomic mass is 10.0. The zero-order valence-corrected chi connectivity index (χ0v) is 34.7. The summed E-state index contributed by atoms with van der Waals surface area (Å²) >= 11 is 0. The van der Waals surface area contributed by atoms with Crippen LogP contribution in [-0.2, 0) is 18.4 Å². The number of nitrogens with zero attached hydrogens (tertiary/aromatic N) is 1. The van der Waals surface area contributed by atoms with Crippen molar-refractivity contribution in [1.29, 1.82) is 0 Å². The van der Waals surface area contributed by atoms with E-state index in [4.69, 9.17) is 9.05 Å². The summed E-state index contributed by atoms with van der Waals surface area (Å²) < 4.78 is 23.1. The molecule has 3 atom stereocenters. The summed E-state index contributed by atoms with van der Waals surface area (Å²) in [5.74, 6) is -0.213. The first-order valence-electron chi connectivity index (χ1n) is 20.9. The van der Waals surface area contributed by atoms with Crippen LogP contribution in [0.1, 0.15) is 174 Å². The monoisotopic (exact) mass is 741 g/mol. The van der Waals surface area contributed by atoms with Crippen LogP contribution in [-0.4, -0.2) is 68.5 Å². The molecule has 0 aromatic carbocycles. The molecule has 0 aliphatic heterocycles.